The van der Waals surface area contributed by atoms with Crippen molar-refractivity contribution < 1.29 is 23.0 Å². The zero-order valence-electron chi connectivity index (χ0n) is 17.4. The Morgan fingerprint density at radius 1 is 1.33 bits per heavy atom. The Kier molecular flexibility index (Phi) is 8.97. The van der Waals surface area contributed by atoms with Crippen LogP contribution in [0, 0.1) is 6.92 Å². The zero-order chi connectivity index (χ0) is 22.1. The van der Waals surface area contributed by atoms with Crippen molar-refractivity contribution in [1.82, 2.24) is 15.6 Å². The Bertz CT molecular complexity index is 873. The van der Waals surface area contributed by atoms with Crippen molar-refractivity contribution in [3.8, 4) is 5.75 Å². The fraction of sp³-hybridized carbons (Fsp3) is 0.450. The molecule has 1 aromatic carbocycles. The first-order valence-electron chi connectivity index (χ1n) is 9.57. The lowest BCUT2D eigenvalue weighted by Crippen LogP contribution is -2.38. The molecule has 0 amide bonds. The second-order valence-corrected chi connectivity index (χ2v) is 7.30. The number of hydrogen-bond donors (Lipinski definition) is 2. The summed E-state index contributed by atoms with van der Waals surface area (Å²) in [5.41, 5.74) is 1.35. The Labute approximate surface area is 178 Å². The third-order valence-electron chi connectivity index (χ3n) is 3.89. The fourth-order valence-corrected chi connectivity index (χ4v) is 3.53. The van der Waals surface area contributed by atoms with Crippen molar-refractivity contribution >= 4 is 23.3 Å². The van der Waals surface area contributed by atoms with Gasteiger partial charge in [-0.3, -0.25) is 0 Å². The molecular weight excluding hydrogens is 414 g/mol. The van der Waals surface area contributed by atoms with Gasteiger partial charge >= 0.3 is 12.6 Å². The molecule has 0 bridgehead atoms. The molecule has 0 saturated heterocycles. The summed E-state index contributed by atoms with van der Waals surface area (Å²) in [6.45, 7) is 5.72. The largest absolute Gasteiger partial charge is 0.462 e. The molecule has 164 valence electrons. The summed E-state index contributed by atoms with van der Waals surface area (Å²) in [6.07, 6.45) is 0. The molecule has 1 unspecified atom stereocenters. The van der Waals surface area contributed by atoms with Gasteiger partial charge < -0.3 is 20.1 Å². The molecule has 7 nitrogen and oxygen atoms in total. The lowest BCUT2D eigenvalue weighted by Gasteiger charge is -2.16. The smallest absolute Gasteiger partial charge is 0.387 e. The topological polar surface area (TPSA) is 84.8 Å². The number of aliphatic imine (C=N–C) groups is 1. The van der Waals surface area contributed by atoms with Gasteiger partial charge in [0.25, 0.3) is 0 Å². The molecule has 1 heterocycles. The second-order valence-electron chi connectivity index (χ2n) is 6.27. The number of carbonyl (C=O) groups is 1. The van der Waals surface area contributed by atoms with Crippen LogP contribution in [0.3, 0.4) is 0 Å². The third kappa shape index (κ3) is 6.94. The second kappa shape index (κ2) is 11.4. The van der Waals surface area contributed by atoms with Gasteiger partial charge in [0.15, 0.2) is 5.96 Å². The average molecular weight is 441 g/mol. The third-order valence-corrected chi connectivity index (χ3v) is 5.21. The van der Waals surface area contributed by atoms with Gasteiger partial charge in [-0.15, -0.1) is 11.3 Å². The predicted octanol–water partition coefficient (Wildman–Crippen LogP) is 4.05. The van der Waals surface area contributed by atoms with Gasteiger partial charge in [0.1, 0.15) is 15.6 Å². The lowest BCUT2D eigenvalue weighted by atomic mass is 10.2. The molecule has 2 aromatic rings. The predicted molar refractivity (Wildman–Crippen MR) is 112 cm³/mol. The highest BCUT2D eigenvalue weighted by Gasteiger charge is 2.20. The molecule has 0 radical (unpaired) electrons. The molecule has 0 spiro atoms. The van der Waals surface area contributed by atoms with Crippen LogP contribution in [0.2, 0.25) is 0 Å². The van der Waals surface area contributed by atoms with Gasteiger partial charge in [0, 0.05) is 6.54 Å². The van der Waals surface area contributed by atoms with Crippen molar-refractivity contribution in [3.05, 3.63) is 45.4 Å². The van der Waals surface area contributed by atoms with Crippen molar-refractivity contribution in [2.24, 2.45) is 4.99 Å². The maximum Gasteiger partial charge on any atom is 0.387 e. The summed E-state index contributed by atoms with van der Waals surface area (Å²) in [6, 6.07) is 6.21. The van der Waals surface area contributed by atoms with Crippen molar-refractivity contribution in [1.29, 1.82) is 0 Å². The Balaban J connectivity index is 2.09. The van der Waals surface area contributed by atoms with Crippen LogP contribution in [0.4, 0.5) is 8.78 Å². The summed E-state index contributed by atoms with van der Waals surface area (Å²) >= 11 is 1.28. The Hall–Kier alpha value is -2.75. The van der Waals surface area contributed by atoms with Crippen LogP contribution >= 0.6 is 11.3 Å². The number of aromatic nitrogens is 1. The number of carbonyl (C=O) groups excluding carboxylic acids is 1. The van der Waals surface area contributed by atoms with Crippen LogP contribution in [-0.4, -0.2) is 36.7 Å². The molecule has 0 aliphatic heterocycles. The molecule has 1 atom stereocenters. The van der Waals surface area contributed by atoms with E-state index in [1.165, 1.54) is 23.5 Å². The van der Waals surface area contributed by atoms with Gasteiger partial charge in [-0.25, -0.2) is 14.8 Å². The van der Waals surface area contributed by atoms with Crippen LogP contribution in [-0.2, 0) is 11.3 Å². The standard InChI is InChI=1S/C20H26F2N4O3S/c1-5-23-20(24-11-14-8-7-9-15(10-14)29-19(21)22)26-13(4)17-25-12(3)16(30-17)18(27)28-6-2/h7-10,13,19H,5-6,11H2,1-4H3,(H2,23,24,26). The van der Waals surface area contributed by atoms with E-state index in [1.54, 1.807) is 26.0 Å². The quantitative estimate of drug-likeness (QED) is 0.348. The van der Waals surface area contributed by atoms with E-state index in [0.29, 0.717) is 29.7 Å². The number of ether oxygens (including phenoxy) is 2. The van der Waals surface area contributed by atoms with Crippen molar-refractivity contribution in [2.45, 2.75) is 46.9 Å². The van der Waals surface area contributed by atoms with Crippen molar-refractivity contribution in [2.75, 3.05) is 13.2 Å². The van der Waals surface area contributed by atoms with Crippen LogP contribution in [0.1, 0.15) is 52.7 Å². The summed E-state index contributed by atoms with van der Waals surface area (Å²) in [5.74, 6) is 0.252. The molecule has 2 N–H and O–H groups in total. The first-order chi connectivity index (χ1) is 14.3. The van der Waals surface area contributed by atoms with Gasteiger partial charge in [0.05, 0.1) is 24.9 Å². The molecular formula is C20H26F2N4O3S. The molecule has 0 fully saturated rings. The summed E-state index contributed by atoms with van der Waals surface area (Å²) in [4.78, 5) is 21.5. The van der Waals surface area contributed by atoms with E-state index >= 15 is 0 Å². The van der Waals surface area contributed by atoms with Gasteiger partial charge in [-0.2, -0.15) is 8.78 Å². The number of rotatable bonds is 9. The Morgan fingerprint density at radius 2 is 2.10 bits per heavy atom. The lowest BCUT2D eigenvalue weighted by molar-refractivity contribution is -0.0498. The maximum atomic E-state index is 12.4. The average Bonchev–Trinajstić information content (AvgIpc) is 3.08. The number of aryl methyl sites for hydroxylation is 1. The van der Waals surface area contributed by atoms with E-state index in [1.807, 2.05) is 13.8 Å². The highest BCUT2D eigenvalue weighted by atomic mass is 32.1. The van der Waals surface area contributed by atoms with Gasteiger partial charge in [-0.05, 0) is 45.4 Å². The van der Waals surface area contributed by atoms with E-state index in [-0.39, 0.29) is 24.3 Å². The van der Waals surface area contributed by atoms with E-state index in [9.17, 15) is 13.6 Å². The fourth-order valence-electron chi connectivity index (χ4n) is 2.57. The number of esters is 1. The minimum Gasteiger partial charge on any atom is -0.462 e. The first-order valence-corrected chi connectivity index (χ1v) is 10.4. The minimum atomic E-state index is -2.87. The van der Waals surface area contributed by atoms with E-state index in [4.69, 9.17) is 4.74 Å². The summed E-state index contributed by atoms with van der Waals surface area (Å²) < 4.78 is 34.3. The van der Waals surface area contributed by atoms with E-state index in [0.717, 1.165) is 10.6 Å². The molecule has 0 saturated carbocycles. The zero-order valence-corrected chi connectivity index (χ0v) is 18.2. The first kappa shape index (κ1) is 23.5. The van der Waals surface area contributed by atoms with Gasteiger partial charge in [-0.1, -0.05) is 12.1 Å². The number of halogens is 2. The van der Waals surface area contributed by atoms with E-state index < -0.39 is 6.61 Å². The number of guanidine groups is 1. The molecule has 0 aliphatic carbocycles. The van der Waals surface area contributed by atoms with Crippen molar-refractivity contribution in [3.63, 3.8) is 0 Å². The number of hydrogen-bond acceptors (Lipinski definition) is 6. The Morgan fingerprint density at radius 3 is 2.77 bits per heavy atom. The minimum absolute atomic E-state index is 0.0915. The highest BCUT2D eigenvalue weighted by Crippen LogP contribution is 2.24. The number of nitrogens with one attached hydrogen (secondary N) is 2. The number of nitrogens with zero attached hydrogens (tertiary/aromatic N) is 2. The molecule has 1 aromatic heterocycles. The van der Waals surface area contributed by atoms with E-state index in [2.05, 4.69) is 25.3 Å². The molecule has 30 heavy (non-hydrogen) atoms. The number of alkyl halides is 2. The molecule has 10 heteroatoms. The van der Waals surface area contributed by atoms with Crippen LogP contribution in [0.5, 0.6) is 5.75 Å². The number of benzene rings is 1. The highest BCUT2D eigenvalue weighted by molar-refractivity contribution is 7.13. The number of thiazole rings is 1. The monoisotopic (exact) mass is 440 g/mol. The van der Waals surface area contributed by atoms with Gasteiger partial charge in [0.2, 0.25) is 0 Å². The normalized spacial score (nSPS) is 12.6. The van der Waals surface area contributed by atoms with Crippen LogP contribution in [0.25, 0.3) is 0 Å². The maximum absolute atomic E-state index is 12.4. The molecule has 0 aliphatic rings. The molecule has 2 rings (SSSR count). The van der Waals surface area contributed by atoms with Crippen LogP contribution in [0.15, 0.2) is 29.3 Å². The summed E-state index contributed by atoms with van der Waals surface area (Å²) in [7, 11) is 0. The summed E-state index contributed by atoms with van der Waals surface area (Å²) in [5, 5.41) is 7.11. The van der Waals surface area contributed by atoms with Crippen LogP contribution < -0.4 is 15.4 Å². The SMILES string of the molecule is CCNC(=NCc1cccc(OC(F)F)c1)NC(C)c1nc(C)c(C(=O)OCC)s1.